The van der Waals surface area contributed by atoms with Crippen molar-refractivity contribution < 1.29 is 9.18 Å². The Balaban J connectivity index is 1.99. The largest absolute Gasteiger partial charge is 0.294 e. The van der Waals surface area contributed by atoms with Crippen molar-refractivity contribution in [3.8, 4) is 12.1 Å². The normalized spacial score (nSPS) is 21.4. The fraction of sp³-hybridized carbons (Fsp3) is 0.167. The number of carbonyl (C=O) groups excluding carboxylic acids is 1. The van der Waals surface area contributed by atoms with Gasteiger partial charge in [0.1, 0.15) is 5.82 Å². The first-order chi connectivity index (χ1) is 10.6. The molecular formula is C18H11FN2O. The third kappa shape index (κ3) is 1.98. The van der Waals surface area contributed by atoms with Gasteiger partial charge in [-0.15, -0.1) is 0 Å². The monoisotopic (exact) mass is 290 g/mol. The lowest BCUT2D eigenvalue weighted by atomic mass is 10.0. The van der Waals surface area contributed by atoms with Crippen LogP contribution in [-0.2, 0) is 0 Å². The fourth-order valence-corrected chi connectivity index (χ4v) is 2.96. The average Bonchev–Trinajstić information content (AvgIpc) is 3.25. The molecule has 1 fully saturated rings. The lowest BCUT2D eigenvalue weighted by Crippen LogP contribution is -2.08. The quantitative estimate of drug-likeness (QED) is 0.813. The number of hydrogen-bond donors (Lipinski definition) is 0. The van der Waals surface area contributed by atoms with Gasteiger partial charge >= 0.3 is 0 Å². The topological polar surface area (TPSA) is 64.7 Å². The molecule has 106 valence electrons. The molecule has 2 atom stereocenters. The van der Waals surface area contributed by atoms with E-state index >= 15 is 0 Å². The van der Waals surface area contributed by atoms with Crippen molar-refractivity contribution in [2.24, 2.45) is 11.3 Å². The van der Waals surface area contributed by atoms with Crippen LogP contribution in [0.2, 0.25) is 0 Å². The van der Waals surface area contributed by atoms with Gasteiger partial charge in [-0.25, -0.2) is 4.39 Å². The minimum absolute atomic E-state index is 0.294. The highest BCUT2D eigenvalue weighted by molar-refractivity contribution is 6.02. The first-order valence-corrected chi connectivity index (χ1v) is 6.81. The molecule has 0 aromatic heterocycles. The zero-order chi connectivity index (χ0) is 15.7. The van der Waals surface area contributed by atoms with Gasteiger partial charge in [0.05, 0.1) is 18.1 Å². The van der Waals surface area contributed by atoms with E-state index < -0.39 is 23.1 Å². The predicted molar refractivity (Wildman–Crippen MR) is 77.1 cm³/mol. The number of Topliss-reactive ketones (excluding diaryl/α,β-unsaturated/α-hetero) is 1. The lowest BCUT2D eigenvalue weighted by Gasteiger charge is -2.00. The van der Waals surface area contributed by atoms with Gasteiger partial charge < -0.3 is 0 Å². The molecule has 4 heteroatoms. The van der Waals surface area contributed by atoms with Crippen LogP contribution < -0.4 is 0 Å². The highest BCUT2D eigenvalue weighted by Gasteiger charge is 2.70. The SMILES string of the molecule is N#CC1(C#N)[C@@H](C(=O)c2ccc(F)cc2)[C@@H]1c1ccccc1. The second kappa shape index (κ2) is 5.09. The van der Waals surface area contributed by atoms with Gasteiger partial charge in [0.25, 0.3) is 0 Å². The maximum Gasteiger partial charge on any atom is 0.169 e. The van der Waals surface area contributed by atoms with Crippen LogP contribution >= 0.6 is 0 Å². The van der Waals surface area contributed by atoms with Gasteiger partial charge in [0.15, 0.2) is 11.2 Å². The summed E-state index contributed by atoms with van der Waals surface area (Å²) < 4.78 is 13.0. The standard InChI is InChI=1S/C18H11FN2O/c19-14-8-6-13(7-9-14)17(22)16-15(18(16,10-20)11-21)12-4-2-1-3-5-12/h1-9,15-16H/t15-,16+/m0/s1. The zero-order valence-electron chi connectivity index (χ0n) is 11.5. The van der Waals surface area contributed by atoms with Gasteiger partial charge in [-0.3, -0.25) is 4.79 Å². The third-order valence-corrected chi connectivity index (χ3v) is 4.15. The highest BCUT2D eigenvalue weighted by Crippen LogP contribution is 2.65. The Morgan fingerprint density at radius 2 is 1.59 bits per heavy atom. The summed E-state index contributed by atoms with van der Waals surface area (Å²) in [7, 11) is 0. The fourth-order valence-electron chi connectivity index (χ4n) is 2.96. The third-order valence-electron chi connectivity index (χ3n) is 4.15. The first kappa shape index (κ1) is 14.0. The van der Waals surface area contributed by atoms with E-state index in [9.17, 15) is 19.7 Å². The molecule has 0 heterocycles. The Labute approximate surface area is 127 Å². The minimum Gasteiger partial charge on any atom is -0.294 e. The molecule has 0 amide bonds. The van der Waals surface area contributed by atoms with Gasteiger partial charge in [-0.1, -0.05) is 30.3 Å². The highest BCUT2D eigenvalue weighted by atomic mass is 19.1. The van der Waals surface area contributed by atoms with Crippen molar-refractivity contribution in [3.63, 3.8) is 0 Å². The van der Waals surface area contributed by atoms with E-state index in [4.69, 9.17) is 0 Å². The molecule has 2 aromatic carbocycles. The molecule has 0 unspecified atom stereocenters. The van der Waals surface area contributed by atoms with Crippen LogP contribution in [0.25, 0.3) is 0 Å². The van der Waals surface area contributed by atoms with Crippen molar-refractivity contribution in [3.05, 3.63) is 71.5 Å². The molecule has 3 nitrogen and oxygen atoms in total. The van der Waals surface area contributed by atoms with E-state index in [0.717, 1.165) is 5.56 Å². The zero-order valence-corrected chi connectivity index (χ0v) is 11.5. The van der Waals surface area contributed by atoms with Crippen LogP contribution in [-0.4, -0.2) is 5.78 Å². The summed E-state index contributed by atoms with van der Waals surface area (Å²) in [6.45, 7) is 0. The second-order valence-corrected chi connectivity index (χ2v) is 5.33. The summed E-state index contributed by atoms with van der Waals surface area (Å²) in [6.07, 6.45) is 0. The molecule has 2 aromatic rings. The van der Waals surface area contributed by atoms with Crippen LogP contribution in [0.4, 0.5) is 4.39 Å². The number of carbonyl (C=O) groups is 1. The van der Waals surface area contributed by atoms with Crippen molar-refractivity contribution >= 4 is 5.78 Å². The predicted octanol–water partition coefficient (Wildman–Crippen LogP) is 3.46. The molecular weight excluding hydrogens is 279 g/mol. The summed E-state index contributed by atoms with van der Waals surface area (Å²) in [5.74, 6) is -1.88. The average molecular weight is 290 g/mol. The first-order valence-electron chi connectivity index (χ1n) is 6.81. The molecule has 1 aliphatic rings. The molecule has 22 heavy (non-hydrogen) atoms. The second-order valence-electron chi connectivity index (χ2n) is 5.33. The van der Waals surface area contributed by atoms with Crippen LogP contribution in [0.15, 0.2) is 54.6 Å². The van der Waals surface area contributed by atoms with Gasteiger partial charge in [-0.2, -0.15) is 10.5 Å². The molecule has 3 rings (SSSR count). The summed E-state index contributed by atoms with van der Waals surface area (Å²) in [5, 5.41) is 18.8. The number of nitriles is 2. The van der Waals surface area contributed by atoms with Gasteiger partial charge in [0.2, 0.25) is 0 Å². The molecule has 0 saturated heterocycles. The molecule has 0 spiro atoms. The lowest BCUT2D eigenvalue weighted by molar-refractivity contribution is 0.0958. The van der Waals surface area contributed by atoms with Gasteiger partial charge in [-0.05, 0) is 29.8 Å². The van der Waals surface area contributed by atoms with E-state index in [0.29, 0.717) is 5.56 Å². The van der Waals surface area contributed by atoms with Gasteiger partial charge in [0, 0.05) is 11.5 Å². The number of halogens is 1. The van der Waals surface area contributed by atoms with Crippen LogP contribution in [0.1, 0.15) is 21.8 Å². The summed E-state index contributed by atoms with van der Waals surface area (Å²) in [5.41, 5.74) is -0.224. The Morgan fingerprint density at radius 3 is 2.14 bits per heavy atom. The molecule has 0 bridgehead atoms. The molecule has 0 aliphatic heterocycles. The Bertz CT molecular complexity index is 786. The number of nitrogens with zero attached hydrogens (tertiary/aromatic N) is 2. The van der Waals surface area contributed by atoms with E-state index in [2.05, 4.69) is 0 Å². The minimum atomic E-state index is -1.34. The van der Waals surface area contributed by atoms with Crippen molar-refractivity contribution in [1.82, 2.24) is 0 Å². The number of hydrogen-bond acceptors (Lipinski definition) is 3. The number of benzene rings is 2. The van der Waals surface area contributed by atoms with Crippen LogP contribution in [0.5, 0.6) is 0 Å². The Hall–Kier alpha value is -2.98. The molecule has 1 aliphatic carbocycles. The van der Waals surface area contributed by atoms with Crippen molar-refractivity contribution in [2.75, 3.05) is 0 Å². The summed E-state index contributed by atoms with van der Waals surface area (Å²) in [4.78, 5) is 12.6. The molecule has 1 saturated carbocycles. The van der Waals surface area contributed by atoms with E-state index in [1.54, 1.807) is 0 Å². The summed E-state index contributed by atoms with van der Waals surface area (Å²) >= 11 is 0. The van der Waals surface area contributed by atoms with E-state index in [1.165, 1.54) is 24.3 Å². The van der Waals surface area contributed by atoms with Crippen LogP contribution in [0.3, 0.4) is 0 Å². The Kier molecular flexibility index (Phi) is 3.23. The van der Waals surface area contributed by atoms with E-state index in [1.807, 2.05) is 42.5 Å². The maximum atomic E-state index is 13.0. The van der Waals surface area contributed by atoms with Crippen LogP contribution in [0, 0.1) is 39.8 Å². The Morgan fingerprint density at radius 1 is 1.00 bits per heavy atom. The van der Waals surface area contributed by atoms with Crippen molar-refractivity contribution in [1.29, 1.82) is 10.5 Å². The summed E-state index contributed by atoms with van der Waals surface area (Å²) in [6, 6.07) is 18.3. The number of rotatable bonds is 3. The maximum absolute atomic E-state index is 13.0. The van der Waals surface area contributed by atoms with E-state index in [-0.39, 0.29) is 5.78 Å². The smallest absolute Gasteiger partial charge is 0.169 e. The van der Waals surface area contributed by atoms with Crippen molar-refractivity contribution in [2.45, 2.75) is 5.92 Å². The molecule has 0 N–H and O–H groups in total. The molecule has 0 radical (unpaired) electrons. The number of ketones is 1.